The Morgan fingerprint density at radius 1 is 1.14 bits per heavy atom. The highest BCUT2D eigenvalue weighted by Gasteiger charge is 2.09. The first kappa shape index (κ1) is 13.1. The van der Waals surface area contributed by atoms with Gasteiger partial charge in [-0.2, -0.15) is 0 Å². The van der Waals surface area contributed by atoms with Crippen molar-refractivity contribution in [2.75, 3.05) is 0 Å². The maximum Gasteiger partial charge on any atom is 0.254 e. The molecule has 0 saturated carbocycles. The maximum absolute atomic E-state index is 11.9. The van der Waals surface area contributed by atoms with Gasteiger partial charge in [0.15, 0.2) is 0 Å². The molecule has 0 aliphatic rings. The van der Waals surface area contributed by atoms with E-state index in [0.717, 1.165) is 16.8 Å². The van der Waals surface area contributed by atoms with Gasteiger partial charge >= 0.3 is 0 Å². The third-order valence-electron chi connectivity index (χ3n) is 3.07. The molecule has 0 unspecified atom stereocenters. The number of furan rings is 1. The molecule has 5 nitrogen and oxygen atoms in total. The summed E-state index contributed by atoms with van der Waals surface area (Å²) in [6, 6.07) is 9.21. The molecule has 0 aliphatic heterocycles. The number of nitrogens with zero attached hydrogens (tertiary/aromatic N) is 2. The summed E-state index contributed by atoms with van der Waals surface area (Å²) in [4.78, 5) is 20.3. The van der Waals surface area contributed by atoms with E-state index in [1.165, 1.54) is 12.5 Å². The van der Waals surface area contributed by atoms with E-state index in [4.69, 9.17) is 4.42 Å². The molecule has 0 atom stereocenters. The zero-order valence-electron chi connectivity index (χ0n) is 11.2. The molecule has 0 aliphatic carbocycles. The fourth-order valence-electron chi connectivity index (χ4n) is 2.02. The number of carbonyl (C=O) groups is 1. The number of hydrogen-bond acceptors (Lipinski definition) is 4. The monoisotopic (exact) mass is 279 g/mol. The normalized spacial score (nSPS) is 10.3. The number of amides is 1. The molecule has 0 aromatic carbocycles. The Morgan fingerprint density at radius 3 is 2.76 bits per heavy atom. The summed E-state index contributed by atoms with van der Waals surface area (Å²) in [6.07, 6.45) is 8.07. The molecule has 0 fully saturated rings. The lowest BCUT2D eigenvalue weighted by Crippen LogP contribution is -2.22. The van der Waals surface area contributed by atoms with Crippen LogP contribution >= 0.6 is 0 Å². The van der Waals surface area contributed by atoms with Crippen molar-refractivity contribution < 1.29 is 9.21 Å². The van der Waals surface area contributed by atoms with Crippen molar-refractivity contribution in [1.29, 1.82) is 0 Å². The molecule has 3 rings (SSSR count). The highest BCUT2D eigenvalue weighted by atomic mass is 16.3. The van der Waals surface area contributed by atoms with Crippen LogP contribution in [0.5, 0.6) is 0 Å². The van der Waals surface area contributed by atoms with Crippen LogP contribution in [0.3, 0.4) is 0 Å². The van der Waals surface area contributed by atoms with Crippen LogP contribution in [0.2, 0.25) is 0 Å². The van der Waals surface area contributed by atoms with Crippen LogP contribution in [0.1, 0.15) is 15.9 Å². The van der Waals surface area contributed by atoms with Crippen molar-refractivity contribution in [2.24, 2.45) is 0 Å². The van der Waals surface area contributed by atoms with Gasteiger partial charge in [-0.15, -0.1) is 0 Å². The zero-order valence-corrected chi connectivity index (χ0v) is 11.2. The largest absolute Gasteiger partial charge is 0.472 e. The second-order valence-corrected chi connectivity index (χ2v) is 4.44. The van der Waals surface area contributed by atoms with Crippen molar-refractivity contribution in [2.45, 2.75) is 6.54 Å². The van der Waals surface area contributed by atoms with Crippen molar-refractivity contribution in [3.05, 3.63) is 72.6 Å². The van der Waals surface area contributed by atoms with E-state index >= 15 is 0 Å². The van der Waals surface area contributed by atoms with E-state index in [-0.39, 0.29) is 5.91 Å². The van der Waals surface area contributed by atoms with E-state index in [1.54, 1.807) is 24.7 Å². The molecule has 21 heavy (non-hydrogen) atoms. The lowest BCUT2D eigenvalue weighted by molar-refractivity contribution is 0.0950. The lowest BCUT2D eigenvalue weighted by Gasteiger charge is -2.09. The Hall–Kier alpha value is -2.95. The quantitative estimate of drug-likeness (QED) is 0.797. The fourth-order valence-corrected chi connectivity index (χ4v) is 2.02. The highest BCUT2D eigenvalue weighted by molar-refractivity contribution is 5.93. The molecule has 3 aromatic rings. The van der Waals surface area contributed by atoms with E-state index in [9.17, 15) is 4.79 Å². The van der Waals surface area contributed by atoms with Gasteiger partial charge < -0.3 is 9.73 Å². The van der Waals surface area contributed by atoms with Gasteiger partial charge in [0, 0.05) is 30.7 Å². The summed E-state index contributed by atoms with van der Waals surface area (Å²) >= 11 is 0. The van der Waals surface area contributed by atoms with Gasteiger partial charge in [-0.25, -0.2) is 0 Å². The minimum atomic E-state index is -0.173. The van der Waals surface area contributed by atoms with Crippen LogP contribution < -0.4 is 5.32 Å². The van der Waals surface area contributed by atoms with Crippen molar-refractivity contribution >= 4 is 5.91 Å². The molecule has 0 saturated heterocycles. The first-order valence-corrected chi connectivity index (χ1v) is 6.49. The summed E-state index contributed by atoms with van der Waals surface area (Å²) in [5.74, 6) is -0.173. The number of pyridine rings is 2. The van der Waals surface area contributed by atoms with E-state index in [2.05, 4.69) is 15.3 Å². The van der Waals surface area contributed by atoms with Crippen LogP contribution in [-0.4, -0.2) is 15.9 Å². The van der Waals surface area contributed by atoms with Crippen LogP contribution in [-0.2, 0) is 6.54 Å². The van der Waals surface area contributed by atoms with Crippen molar-refractivity contribution in [1.82, 2.24) is 15.3 Å². The number of nitrogens with one attached hydrogen (secondary N) is 1. The van der Waals surface area contributed by atoms with Gasteiger partial charge in [-0.1, -0.05) is 6.07 Å². The van der Waals surface area contributed by atoms with Crippen LogP contribution in [0.25, 0.3) is 11.3 Å². The van der Waals surface area contributed by atoms with Crippen LogP contribution in [0.4, 0.5) is 0 Å². The van der Waals surface area contributed by atoms with Gasteiger partial charge in [-0.3, -0.25) is 14.8 Å². The average molecular weight is 279 g/mol. The minimum absolute atomic E-state index is 0.173. The van der Waals surface area contributed by atoms with E-state index in [0.29, 0.717) is 12.1 Å². The Kier molecular flexibility index (Phi) is 3.73. The molecule has 5 heteroatoms. The summed E-state index contributed by atoms with van der Waals surface area (Å²) in [7, 11) is 0. The Bertz CT molecular complexity index is 724. The first-order chi connectivity index (χ1) is 10.3. The molecule has 0 radical (unpaired) electrons. The number of hydrogen-bond donors (Lipinski definition) is 1. The molecule has 1 amide bonds. The zero-order chi connectivity index (χ0) is 14.5. The molecule has 1 N–H and O–H groups in total. The number of aromatic nitrogens is 2. The Morgan fingerprint density at radius 2 is 2.00 bits per heavy atom. The SMILES string of the molecule is O=C(NCc1cccnc1-c1ccncc1)c1ccoc1. The summed E-state index contributed by atoms with van der Waals surface area (Å²) < 4.78 is 4.90. The molecule has 3 aromatic heterocycles. The smallest absolute Gasteiger partial charge is 0.254 e. The Balaban J connectivity index is 1.79. The van der Waals surface area contributed by atoms with E-state index < -0.39 is 0 Å². The fraction of sp³-hybridized carbons (Fsp3) is 0.0625. The number of carbonyl (C=O) groups excluding carboxylic acids is 1. The first-order valence-electron chi connectivity index (χ1n) is 6.49. The molecule has 104 valence electrons. The second kappa shape index (κ2) is 6.00. The van der Waals surface area contributed by atoms with E-state index in [1.807, 2.05) is 24.3 Å². The maximum atomic E-state index is 11.9. The lowest BCUT2D eigenvalue weighted by atomic mass is 10.1. The highest BCUT2D eigenvalue weighted by Crippen LogP contribution is 2.20. The van der Waals surface area contributed by atoms with Gasteiger partial charge in [0.2, 0.25) is 0 Å². The predicted octanol–water partition coefficient (Wildman–Crippen LogP) is 2.67. The average Bonchev–Trinajstić information content (AvgIpc) is 3.08. The Labute approximate surface area is 121 Å². The third kappa shape index (κ3) is 2.97. The molecule has 0 bridgehead atoms. The van der Waals surface area contributed by atoms with Crippen LogP contribution in [0, 0.1) is 0 Å². The second-order valence-electron chi connectivity index (χ2n) is 4.44. The molecule has 3 heterocycles. The van der Waals surface area contributed by atoms with Crippen LogP contribution in [0.15, 0.2) is 65.9 Å². The van der Waals surface area contributed by atoms with Gasteiger partial charge in [0.1, 0.15) is 6.26 Å². The van der Waals surface area contributed by atoms with Crippen molar-refractivity contribution in [3.8, 4) is 11.3 Å². The molecule has 0 spiro atoms. The summed E-state index contributed by atoms with van der Waals surface area (Å²) in [6.45, 7) is 0.398. The number of rotatable bonds is 4. The van der Waals surface area contributed by atoms with Gasteiger partial charge in [-0.05, 0) is 29.8 Å². The standard InChI is InChI=1S/C16H13N3O2/c20-16(14-5-9-21-11-14)19-10-13-2-1-6-18-15(13)12-3-7-17-8-4-12/h1-9,11H,10H2,(H,19,20). The van der Waals surface area contributed by atoms with Crippen molar-refractivity contribution in [3.63, 3.8) is 0 Å². The topological polar surface area (TPSA) is 68.0 Å². The molecular weight excluding hydrogens is 266 g/mol. The summed E-state index contributed by atoms with van der Waals surface area (Å²) in [5.41, 5.74) is 3.26. The third-order valence-corrected chi connectivity index (χ3v) is 3.07. The molecular formula is C16H13N3O2. The minimum Gasteiger partial charge on any atom is -0.472 e. The van der Waals surface area contributed by atoms with Gasteiger partial charge in [0.25, 0.3) is 5.91 Å². The summed E-state index contributed by atoms with van der Waals surface area (Å²) in [5, 5.41) is 2.86. The predicted molar refractivity (Wildman–Crippen MR) is 77.3 cm³/mol. The van der Waals surface area contributed by atoms with Gasteiger partial charge in [0.05, 0.1) is 17.5 Å².